The third-order valence-corrected chi connectivity index (χ3v) is 5.87. The fourth-order valence-corrected chi connectivity index (χ4v) is 4.01. The summed E-state index contributed by atoms with van der Waals surface area (Å²) in [5.41, 5.74) is 2.90. The van der Waals surface area contributed by atoms with E-state index >= 15 is 0 Å². The van der Waals surface area contributed by atoms with Gasteiger partial charge in [-0.3, -0.25) is 4.98 Å². The van der Waals surface area contributed by atoms with Gasteiger partial charge in [0.1, 0.15) is 18.1 Å². The SMILES string of the molecule is OCC(COc1cncc2nnc(-c3ccc(OC(F)F)cc3)n12)c1ccccc1OCc1ccccc1. The number of hydrogen-bond acceptors (Lipinski definition) is 7. The summed E-state index contributed by atoms with van der Waals surface area (Å²) >= 11 is 0. The second kappa shape index (κ2) is 11.7. The minimum Gasteiger partial charge on any atom is -0.489 e. The summed E-state index contributed by atoms with van der Waals surface area (Å²) in [6, 6.07) is 23.4. The molecule has 2 aromatic heterocycles. The van der Waals surface area contributed by atoms with Crippen molar-refractivity contribution in [2.75, 3.05) is 13.2 Å². The highest BCUT2D eigenvalue weighted by Gasteiger charge is 2.19. The molecule has 0 saturated carbocycles. The first-order valence-corrected chi connectivity index (χ1v) is 11.9. The van der Waals surface area contributed by atoms with Crippen LogP contribution in [0.1, 0.15) is 17.0 Å². The number of ether oxygens (including phenoxy) is 3. The molecule has 0 aliphatic rings. The topological polar surface area (TPSA) is 91.0 Å². The van der Waals surface area contributed by atoms with Gasteiger partial charge in [0.2, 0.25) is 5.88 Å². The molecule has 0 aliphatic heterocycles. The predicted octanol–water partition coefficient (Wildman–Crippen LogP) is 5.13. The molecule has 8 nitrogen and oxygen atoms in total. The van der Waals surface area contributed by atoms with Crippen molar-refractivity contribution in [2.45, 2.75) is 19.1 Å². The highest BCUT2D eigenvalue weighted by molar-refractivity contribution is 5.61. The van der Waals surface area contributed by atoms with Crippen LogP contribution in [0.4, 0.5) is 8.78 Å². The molecular formula is C28H24F2N4O4. The summed E-state index contributed by atoms with van der Waals surface area (Å²) in [6.45, 7) is -2.56. The van der Waals surface area contributed by atoms with Gasteiger partial charge in [0.15, 0.2) is 11.5 Å². The average Bonchev–Trinajstić information content (AvgIpc) is 3.38. The number of benzene rings is 3. The van der Waals surface area contributed by atoms with Crippen molar-refractivity contribution in [1.82, 2.24) is 19.6 Å². The van der Waals surface area contributed by atoms with E-state index in [4.69, 9.17) is 9.47 Å². The third kappa shape index (κ3) is 5.70. The molecule has 194 valence electrons. The van der Waals surface area contributed by atoms with E-state index in [2.05, 4.69) is 19.9 Å². The van der Waals surface area contributed by atoms with E-state index in [1.165, 1.54) is 24.5 Å². The van der Waals surface area contributed by atoms with E-state index in [0.717, 1.165) is 11.1 Å². The van der Waals surface area contributed by atoms with Crippen LogP contribution in [-0.2, 0) is 6.61 Å². The summed E-state index contributed by atoms with van der Waals surface area (Å²) in [6.07, 6.45) is 3.06. The summed E-state index contributed by atoms with van der Waals surface area (Å²) in [7, 11) is 0. The molecule has 1 N–H and O–H groups in total. The number of fused-ring (bicyclic) bond motifs is 1. The van der Waals surface area contributed by atoms with E-state index < -0.39 is 6.61 Å². The van der Waals surface area contributed by atoms with Crippen LogP contribution >= 0.6 is 0 Å². The number of halogens is 2. The van der Waals surface area contributed by atoms with Crippen molar-refractivity contribution in [3.63, 3.8) is 0 Å². The lowest BCUT2D eigenvalue weighted by atomic mass is 10.00. The zero-order valence-corrected chi connectivity index (χ0v) is 20.2. The van der Waals surface area contributed by atoms with Crippen molar-refractivity contribution in [3.05, 3.63) is 102 Å². The maximum absolute atomic E-state index is 12.5. The van der Waals surface area contributed by atoms with Gasteiger partial charge in [-0.15, -0.1) is 10.2 Å². The molecule has 0 aliphatic carbocycles. The zero-order valence-electron chi connectivity index (χ0n) is 20.2. The van der Waals surface area contributed by atoms with Gasteiger partial charge in [-0.25, -0.2) is 4.40 Å². The third-order valence-electron chi connectivity index (χ3n) is 5.87. The first-order chi connectivity index (χ1) is 18.6. The number of aromatic nitrogens is 4. The Labute approximate surface area is 217 Å². The van der Waals surface area contributed by atoms with Crippen LogP contribution in [0.5, 0.6) is 17.4 Å². The Hall–Kier alpha value is -4.57. The fourth-order valence-electron chi connectivity index (χ4n) is 4.01. The smallest absolute Gasteiger partial charge is 0.387 e. The van der Waals surface area contributed by atoms with Gasteiger partial charge in [0, 0.05) is 17.0 Å². The van der Waals surface area contributed by atoms with Crippen LogP contribution in [-0.4, -0.2) is 44.5 Å². The molecular weight excluding hydrogens is 494 g/mol. The number of nitrogens with zero attached hydrogens (tertiary/aromatic N) is 4. The monoisotopic (exact) mass is 518 g/mol. The van der Waals surface area contributed by atoms with Crippen LogP contribution in [0.25, 0.3) is 17.0 Å². The fraction of sp³-hybridized carbons (Fsp3) is 0.179. The van der Waals surface area contributed by atoms with Gasteiger partial charge >= 0.3 is 6.61 Å². The second-order valence-corrected chi connectivity index (χ2v) is 8.37. The number of para-hydroxylation sites is 1. The second-order valence-electron chi connectivity index (χ2n) is 8.37. The minimum atomic E-state index is -2.91. The highest BCUT2D eigenvalue weighted by Crippen LogP contribution is 2.30. The van der Waals surface area contributed by atoms with Gasteiger partial charge < -0.3 is 19.3 Å². The lowest BCUT2D eigenvalue weighted by Crippen LogP contribution is -2.16. The number of hydrogen-bond donors (Lipinski definition) is 1. The molecule has 1 atom stereocenters. The van der Waals surface area contributed by atoms with Crippen molar-refractivity contribution >= 4 is 5.65 Å². The molecule has 0 saturated heterocycles. The standard InChI is InChI=1S/C28H24F2N4O4/c29-28(30)38-22-12-10-20(11-13-22)27-33-32-25-14-31-15-26(34(25)27)37-18-21(16-35)23-8-4-5-9-24(23)36-17-19-6-2-1-3-7-19/h1-15,21,28,35H,16-18H2. The highest BCUT2D eigenvalue weighted by atomic mass is 19.3. The minimum absolute atomic E-state index is 0.0367. The summed E-state index contributed by atoms with van der Waals surface area (Å²) < 4.78 is 43.3. The molecule has 0 bridgehead atoms. The lowest BCUT2D eigenvalue weighted by molar-refractivity contribution is -0.0498. The predicted molar refractivity (Wildman–Crippen MR) is 135 cm³/mol. The van der Waals surface area contributed by atoms with E-state index in [9.17, 15) is 13.9 Å². The number of alkyl halides is 2. The molecule has 0 amide bonds. The maximum Gasteiger partial charge on any atom is 0.387 e. The molecule has 5 aromatic rings. The zero-order chi connectivity index (χ0) is 26.3. The Morgan fingerprint density at radius 2 is 1.61 bits per heavy atom. The molecule has 3 aromatic carbocycles. The molecule has 2 heterocycles. The van der Waals surface area contributed by atoms with Gasteiger partial charge in [-0.2, -0.15) is 8.78 Å². The van der Waals surface area contributed by atoms with Crippen LogP contribution in [0, 0.1) is 0 Å². The van der Waals surface area contributed by atoms with Crippen molar-refractivity contribution < 1.29 is 28.1 Å². The Kier molecular flexibility index (Phi) is 7.70. The molecule has 0 fully saturated rings. The van der Waals surface area contributed by atoms with Crippen LogP contribution < -0.4 is 14.2 Å². The lowest BCUT2D eigenvalue weighted by Gasteiger charge is -2.20. The molecule has 38 heavy (non-hydrogen) atoms. The average molecular weight is 519 g/mol. The van der Waals surface area contributed by atoms with E-state index in [1.807, 2.05) is 54.6 Å². The number of aliphatic hydroxyl groups excluding tert-OH is 1. The molecule has 0 spiro atoms. The van der Waals surface area contributed by atoms with Crippen molar-refractivity contribution in [3.8, 4) is 28.8 Å². The molecule has 10 heteroatoms. The Morgan fingerprint density at radius 1 is 0.842 bits per heavy atom. The summed E-state index contributed by atoms with van der Waals surface area (Å²) in [5.74, 6) is 1.11. The number of rotatable bonds is 11. The summed E-state index contributed by atoms with van der Waals surface area (Å²) in [5, 5.41) is 18.6. The van der Waals surface area contributed by atoms with Crippen LogP contribution in [0.15, 0.2) is 91.3 Å². The van der Waals surface area contributed by atoms with Gasteiger partial charge in [-0.1, -0.05) is 48.5 Å². The maximum atomic E-state index is 12.5. The Morgan fingerprint density at radius 3 is 2.37 bits per heavy atom. The Bertz CT molecular complexity index is 1480. The molecule has 1 unspecified atom stereocenters. The van der Waals surface area contributed by atoms with E-state index in [0.29, 0.717) is 35.3 Å². The Balaban J connectivity index is 1.36. The first-order valence-electron chi connectivity index (χ1n) is 11.9. The van der Waals surface area contributed by atoms with Crippen molar-refractivity contribution in [1.29, 1.82) is 0 Å². The van der Waals surface area contributed by atoms with Gasteiger partial charge in [-0.05, 0) is 35.9 Å². The van der Waals surface area contributed by atoms with Gasteiger partial charge in [0.25, 0.3) is 0 Å². The van der Waals surface area contributed by atoms with Crippen LogP contribution in [0.3, 0.4) is 0 Å². The molecule has 5 rings (SSSR count). The molecule has 0 radical (unpaired) electrons. The largest absolute Gasteiger partial charge is 0.489 e. The van der Waals surface area contributed by atoms with Crippen molar-refractivity contribution in [2.24, 2.45) is 0 Å². The van der Waals surface area contributed by atoms with E-state index in [-0.39, 0.29) is 24.9 Å². The van der Waals surface area contributed by atoms with E-state index in [1.54, 1.807) is 16.5 Å². The van der Waals surface area contributed by atoms with Crippen LogP contribution in [0.2, 0.25) is 0 Å². The number of aliphatic hydroxyl groups is 1. The van der Waals surface area contributed by atoms with Gasteiger partial charge in [0.05, 0.1) is 25.6 Å². The normalized spacial score (nSPS) is 12.0. The first kappa shape index (κ1) is 25.1. The quantitative estimate of drug-likeness (QED) is 0.259. The summed E-state index contributed by atoms with van der Waals surface area (Å²) in [4.78, 5) is 4.18.